The Balaban J connectivity index is 1.92. The van der Waals surface area contributed by atoms with Crippen molar-refractivity contribution in [2.45, 2.75) is 39.5 Å². The molecule has 2 N–H and O–H groups in total. The number of rotatable bonds is 7. The van der Waals surface area contributed by atoms with E-state index in [0.717, 1.165) is 22.5 Å². The van der Waals surface area contributed by atoms with E-state index in [1.807, 2.05) is 49.8 Å². The van der Waals surface area contributed by atoms with Gasteiger partial charge >= 0.3 is 5.97 Å². The van der Waals surface area contributed by atoms with Crippen LogP contribution < -0.4 is 5.32 Å². The fourth-order valence-electron chi connectivity index (χ4n) is 2.70. The van der Waals surface area contributed by atoms with Crippen LogP contribution in [0.25, 0.3) is 0 Å². The Hall–Kier alpha value is -2.63. The maximum Gasteiger partial charge on any atom is 0.303 e. The fourth-order valence-corrected chi connectivity index (χ4v) is 2.70. The van der Waals surface area contributed by atoms with Crippen molar-refractivity contribution in [3.05, 3.63) is 46.8 Å². The Morgan fingerprint density at radius 1 is 1.21 bits per heavy atom. The molecule has 0 atom stereocenters. The molecule has 0 fully saturated rings. The molecule has 0 bridgehead atoms. The molecule has 128 valence electrons. The molecule has 1 heterocycles. The molecular weight excluding hydrogens is 306 g/mol. The van der Waals surface area contributed by atoms with Crippen molar-refractivity contribution < 1.29 is 14.7 Å². The second kappa shape index (κ2) is 7.77. The molecule has 1 amide bonds. The molecule has 1 aromatic carbocycles. The van der Waals surface area contributed by atoms with Crippen LogP contribution in [-0.4, -0.2) is 26.8 Å². The first-order valence-corrected chi connectivity index (χ1v) is 7.96. The van der Waals surface area contributed by atoms with Gasteiger partial charge in [0.1, 0.15) is 0 Å². The first-order valence-electron chi connectivity index (χ1n) is 7.96. The van der Waals surface area contributed by atoms with Crippen LogP contribution in [0.3, 0.4) is 0 Å². The van der Waals surface area contributed by atoms with Gasteiger partial charge in [-0.3, -0.25) is 14.3 Å². The predicted octanol–water partition coefficient (Wildman–Crippen LogP) is 2.63. The number of carboxylic acids is 1. The highest BCUT2D eigenvalue weighted by Crippen LogP contribution is 2.16. The zero-order valence-corrected chi connectivity index (χ0v) is 14.3. The Morgan fingerprint density at radius 2 is 1.96 bits per heavy atom. The van der Waals surface area contributed by atoms with Gasteiger partial charge in [0.2, 0.25) is 5.91 Å². The minimum absolute atomic E-state index is 0.0620. The number of benzene rings is 1. The number of nitrogens with zero attached hydrogens (tertiary/aromatic N) is 2. The van der Waals surface area contributed by atoms with Gasteiger partial charge in [-0.1, -0.05) is 12.1 Å². The lowest BCUT2D eigenvalue weighted by molar-refractivity contribution is -0.137. The third-order valence-corrected chi connectivity index (χ3v) is 4.10. The van der Waals surface area contributed by atoms with Crippen LogP contribution in [-0.2, 0) is 29.5 Å². The quantitative estimate of drug-likeness (QED) is 0.818. The minimum atomic E-state index is -0.827. The van der Waals surface area contributed by atoms with Crippen molar-refractivity contribution in [1.82, 2.24) is 9.78 Å². The average molecular weight is 329 g/mol. The lowest BCUT2D eigenvalue weighted by atomic mass is 10.1. The Bertz CT molecular complexity index is 750. The van der Waals surface area contributed by atoms with E-state index in [0.29, 0.717) is 24.9 Å². The monoisotopic (exact) mass is 329 g/mol. The van der Waals surface area contributed by atoms with Crippen LogP contribution in [0.4, 0.5) is 5.69 Å². The van der Waals surface area contributed by atoms with E-state index in [2.05, 4.69) is 10.4 Å². The number of carbonyl (C=O) groups excluding carboxylic acids is 1. The molecule has 0 saturated heterocycles. The van der Waals surface area contributed by atoms with Crippen LogP contribution >= 0.6 is 0 Å². The highest BCUT2D eigenvalue weighted by molar-refractivity contribution is 5.90. The van der Waals surface area contributed by atoms with Crippen molar-refractivity contribution in [2.75, 3.05) is 5.32 Å². The molecule has 0 saturated carbocycles. The van der Waals surface area contributed by atoms with Crippen LogP contribution in [0, 0.1) is 13.8 Å². The van der Waals surface area contributed by atoms with Crippen molar-refractivity contribution in [2.24, 2.45) is 7.05 Å². The number of carboxylic acid groups (broad SMARTS) is 1. The summed E-state index contributed by atoms with van der Waals surface area (Å²) in [5.74, 6) is -0.889. The van der Waals surface area contributed by atoms with Gasteiger partial charge in [-0.05, 0) is 49.9 Å². The SMILES string of the molecule is Cc1nn(C)c(C)c1CCC(=O)Nc1cccc(CCC(=O)O)c1. The van der Waals surface area contributed by atoms with Gasteiger partial charge in [0.15, 0.2) is 0 Å². The first kappa shape index (κ1) is 17.7. The number of aryl methyl sites for hydroxylation is 3. The van der Waals surface area contributed by atoms with Crippen LogP contribution in [0.15, 0.2) is 24.3 Å². The van der Waals surface area contributed by atoms with Crippen LogP contribution in [0.1, 0.15) is 35.4 Å². The number of aliphatic carboxylic acids is 1. The molecular formula is C18H23N3O3. The van der Waals surface area contributed by atoms with E-state index < -0.39 is 5.97 Å². The topological polar surface area (TPSA) is 84.2 Å². The molecule has 0 unspecified atom stereocenters. The lowest BCUT2D eigenvalue weighted by Gasteiger charge is -2.07. The summed E-state index contributed by atoms with van der Waals surface area (Å²) in [5, 5.41) is 16.0. The van der Waals surface area contributed by atoms with Gasteiger partial charge in [-0.15, -0.1) is 0 Å². The van der Waals surface area contributed by atoms with Crippen molar-refractivity contribution in [3.8, 4) is 0 Å². The number of carbonyl (C=O) groups is 2. The Kier molecular flexibility index (Phi) is 5.73. The van der Waals surface area contributed by atoms with E-state index >= 15 is 0 Å². The van der Waals surface area contributed by atoms with E-state index in [4.69, 9.17) is 5.11 Å². The zero-order chi connectivity index (χ0) is 17.7. The number of hydrogen-bond acceptors (Lipinski definition) is 3. The number of amides is 1. The van der Waals surface area contributed by atoms with Gasteiger partial charge in [-0.2, -0.15) is 5.10 Å². The van der Waals surface area contributed by atoms with E-state index in [9.17, 15) is 9.59 Å². The lowest BCUT2D eigenvalue weighted by Crippen LogP contribution is -2.13. The average Bonchev–Trinajstić information content (AvgIpc) is 2.76. The third kappa shape index (κ3) is 4.68. The Labute approximate surface area is 141 Å². The molecule has 6 heteroatoms. The summed E-state index contributed by atoms with van der Waals surface area (Å²) in [4.78, 5) is 22.8. The summed E-state index contributed by atoms with van der Waals surface area (Å²) in [6.45, 7) is 3.95. The molecule has 0 aliphatic heterocycles. The molecule has 0 spiro atoms. The highest BCUT2D eigenvalue weighted by atomic mass is 16.4. The summed E-state index contributed by atoms with van der Waals surface area (Å²) in [6.07, 6.45) is 1.56. The number of anilines is 1. The van der Waals surface area contributed by atoms with Gasteiger partial charge in [-0.25, -0.2) is 0 Å². The predicted molar refractivity (Wildman–Crippen MR) is 92.0 cm³/mol. The number of hydrogen-bond donors (Lipinski definition) is 2. The third-order valence-electron chi connectivity index (χ3n) is 4.10. The molecule has 24 heavy (non-hydrogen) atoms. The van der Waals surface area contributed by atoms with E-state index in [-0.39, 0.29) is 12.3 Å². The van der Waals surface area contributed by atoms with E-state index in [1.54, 1.807) is 0 Å². The summed E-state index contributed by atoms with van der Waals surface area (Å²) >= 11 is 0. The molecule has 1 aromatic heterocycles. The summed E-state index contributed by atoms with van der Waals surface area (Å²) < 4.78 is 1.83. The van der Waals surface area contributed by atoms with Crippen LogP contribution in [0.5, 0.6) is 0 Å². The fraction of sp³-hybridized carbons (Fsp3) is 0.389. The standard InChI is InChI=1S/C18H23N3O3/c1-12-16(13(2)21(3)20-12)8-9-17(22)19-15-6-4-5-14(11-15)7-10-18(23)24/h4-6,11H,7-10H2,1-3H3,(H,19,22)(H,23,24). The van der Waals surface area contributed by atoms with E-state index in [1.165, 1.54) is 0 Å². The summed E-state index contributed by atoms with van der Waals surface area (Å²) in [6, 6.07) is 7.31. The highest BCUT2D eigenvalue weighted by Gasteiger charge is 2.11. The van der Waals surface area contributed by atoms with Crippen LogP contribution in [0.2, 0.25) is 0 Å². The molecule has 2 rings (SSSR count). The second-order valence-electron chi connectivity index (χ2n) is 5.92. The largest absolute Gasteiger partial charge is 0.481 e. The first-order chi connectivity index (χ1) is 11.4. The zero-order valence-electron chi connectivity index (χ0n) is 14.3. The molecule has 0 aliphatic rings. The molecule has 6 nitrogen and oxygen atoms in total. The Morgan fingerprint density at radius 3 is 2.58 bits per heavy atom. The molecule has 2 aromatic rings. The van der Waals surface area contributed by atoms with Gasteiger partial charge in [0, 0.05) is 31.3 Å². The second-order valence-corrected chi connectivity index (χ2v) is 5.92. The van der Waals surface area contributed by atoms with Gasteiger partial charge in [0.05, 0.1) is 5.69 Å². The molecule has 0 aliphatic carbocycles. The normalized spacial score (nSPS) is 10.6. The molecule has 0 radical (unpaired) electrons. The maximum absolute atomic E-state index is 12.2. The minimum Gasteiger partial charge on any atom is -0.481 e. The summed E-state index contributed by atoms with van der Waals surface area (Å²) in [7, 11) is 1.90. The van der Waals surface area contributed by atoms with Crippen molar-refractivity contribution in [1.29, 1.82) is 0 Å². The van der Waals surface area contributed by atoms with Gasteiger partial charge in [0.25, 0.3) is 0 Å². The number of aromatic nitrogens is 2. The smallest absolute Gasteiger partial charge is 0.303 e. The van der Waals surface area contributed by atoms with Crippen molar-refractivity contribution in [3.63, 3.8) is 0 Å². The van der Waals surface area contributed by atoms with Gasteiger partial charge < -0.3 is 10.4 Å². The summed E-state index contributed by atoms with van der Waals surface area (Å²) in [5.41, 5.74) is 4.74. The van der Waals surface area contributed by atoms with Crippen molar-refractivity contribution >= 4 is 17.6 Å². The maximum atomic E-state index is 12.2. The number of nitrogens with one attached hydrogen (secondary N) is 1.